The second-order valence-corrected chi connectivity index (χ2v) is 3.36. The molecule has 0 aliphatic heterocycles. The van der Waals surface area contributed by atoms with E-state index in [0.717, 1.165) is 11.1 Å². The Morgan fingerprint density at radius 2 is 1.93 bits per heavy atom. The van der Waals surface area contributed by atoms with Gasteiger partial charge in [0.1, 0.15) is 12.4 Å². The molecule has 3 nitrogen and oxygen atoms in total. The quantitative estimate of drug-likeness (QED) is 0.772. The number of rotatable bonds is 3. The van der Waals surface area contributed by atoms with Gasteiger partial charge in [-0.15, -0.1) is 0 Å². The highest BCUT2D eigenvalue weighted by molar-refractivity contribution is 5.66. The van der Waals surface area contributed by atoms with Crippen molar-refractivity contribution in [3.8, 4) is 5.75 Å². The number of esters is 1. The van der Waals surface area contributed by atoms with Crippen molar-refractivity contribution in [3.63, 3.8) is 0 Å². The van der Waals surface area contributed by atoms with E-state index in [9.17, 15) is 4.79 Å². The molecule has 1 N–H and O–H groups in total. The number of benzene rings is 1. The number of aromatic hydroxyl groups is 1. The summed E-state index contributed by atoms with van der Waals surface area (Å²) in [5, 5.41) is 9.08. The van der Waals surface area contributed by atoms with Crippen molar-refractivity contribution in [1.29, 1.82) is 0 Å². The molecule has 0 aliphatic rings. The summed E-state index contributed by atoms with van der Waals surface area (Å²) in [5.74, 6) is -0.0433. The fraction of sp³-hybridized carbons (Fsp3) is 0.250. The first-order chi connectivity index (χ1) is 7.08. The topological polar surface area (TPSA) is 46.5 Å². The number of carbonyl (C=O) groups excluding carboxylic acids is 1. The van der Waals surface area contributed by atoms with Gasteiger partial charge in [-0.3, -0.25) is 4.79 Å². The number of phenols is 1. The Bertz CT molecular complexity index is 363. The van der Waals surface area contributed by atoms with Gasteiger partial charge in [0.15, 0.2) is 0 Å². The van der Waals surface area contributed by atoms with Gasteiger partial charge in [-0.2, -0.15) is 0 Å². The highest BCUT2D eigenvalue weighted by atomic mass is 16.5. The lowest BCUT2D eigenvalue weighted by molar-refractivity contribution is -0.139. The van der Waals surface area contributed by atoms with Crippen molar-refractivity contribution in [1.82, 2.24) is 0 Å². The molecular weight excluding hydrogens is 192 g/mol. The van der Waals surface area contributed by atoms with Gasteiger partial charge in [-0.05, 0) is 30.2 Å². The Morgan fingerprint density at radius 1 is 1.33 bits per heavy atom. The van der Waals surface area contributed by atoms with Gasteiger partial charge in [0.05, 0.1) is 0 Å². The first-order valence-electron chi connectivity index (χ1n) is 4.67. The molecule has 1 rings (SSSR count). The zero-order chi connectivity index (χ0) is 11.3. The average Bonchev–Trinajstić information content (AvgIpc) is 2.19. The van der Waals surface area contributed by atoms with Crippen LogP contribution in [0.2, 0.25) is 0 Å². The number of hydrogen-bond donors (Lipinski definition) is 1. The van der Waals surface area contributed by atoms with E-state index in [0.29, 0.717) is 6.61 Å². The molecular formula is C12H14O3. The zero-order valence-corrected chi connectivity index (χ0v) is 8.86. The SMILES string of the molecule is CC(=O)OC/C(C)=C/c1ccc(O)cc1. The summed E-state index contributed by atoms with van der Waals surface area (Å²) in [6.07, 6.45) is 1.91. The van der Waals surface area contributed by atoms with Crippen molar-refractivity contribution in [2.45, 2.75) is 13.8 Å². The predicted molar refractivity (Wildman–Crippen MR) is 58.4 cm³/mol. The largest absolute Gasteiger partial charge is 0.508 e. The lowest BCUT2D eigenvalue weighted by Crippen LogP contribution is -2.01. The van der Waals surface area contributed by atoms with Crippen LogP contribution in [-0.4, -0.2) is 17.7 Å². The van der Waals surface area contributed by atoms with Crippen LogP contribution in [0.15, 0.2) is 29.8 Å². The van der Waals surface area contributed by atoms with Crippen molar-refractivity contribution in [2.24, 2.45) is 0 Å². The molecule has 0 saturated heterocycles. The second-order valence-electron chi connectivity index (χ2n) is 3.36. The van der Waals surface area contributed by atoms with E-state index in [4.69, 9.17) is 9.84 Å². The van der Waals surface area contributed by atoms with E-state index < -0.39 is 0 Å². The van der Waals surface area contributed by atoms with Crippen LogP contribution in [0, 0.1) is 0 Å². The van der Waals surface area contributed by atoms with Gasteiger partial charge >= 0.3 is 5.97 Å². The number of carbonyl (C=O) groups is 1. The highest BCUT2D eigenvalue weighted by Crippen LogP contribution is 2.12. The maximum Gasteiger partial charge on any atom is 0.302 e. The maximum absolute atomic E-state index is 10.6. The minimum atomic E-state index is -0.284. The normalized spacial score (nSPS) is 11.2. The molecule has 0 aromatic heterocycles. The molecule has 0 saturated carbocycles. The monoisotopic (exact) mass is 206 g/mol. The first kappa shape index (κ1) is 11.3. The molecule has 0 fully saturated rings. The third kappa shape index (κ3) is 4.31. The van der Waals surface area contributed by atoms with E-state index in [2.05, 4.69) is 0 Å². The van der Waals surface area contributed by atoms with E-state index in [1.54, 1.807) is 24.3 Å². The molecule has 0 aliphatic carbocycles. The Hall–Kier alpha value is -1.77. The molecule has 3 heteroatoms. The third-order valence-electron chi connectivity index (χ3n) is 1.81. The van der Waals surface area contributed by atoms with E-state index in [1.807, 2.05) is 13.0 Å². The third-order valence-corrected chi connectivity index (χ3v) is 1.81. The minimum Gasteiger partial charge on any atom is -0.508 e. The molecule has 0 amide bonds. The molecule has 0 unspecified atom stereocenters. The van der Waals surface area contributed by atoms with Gasteiger partial charge in [0, 0.05) is 6.92 Å². The van der Waals surface area contributed by atoms with Crippen LogP contribution in [0.4, 0.5) is 0 Å². The zero-order valence-electron chi connectivity index (χ0n) is 8.86. The second kappa shape index (κ2) is 5.20. The average molecular weight is 206 g/mol. The van der Waals surface area contributed by atoms with Crippen LogP contribution >= 0.6 is 0 Å². The molecule has 0 bridgehead atoms. The molecule has 1 aromatic rings. The van der Waals surface area contributed by atoms with Gasteiger partial charge in [-0.1, -0.05) is 18.2 Å². The van der Waals surface area contributed by atoms with Crippen molar-refractivity contribution < 1.29 is 14.6 Å². The van der Waals surface area contributed by atoms with E-state index in [-0.39, 0.29) is 11.7 Å². The minimum absolute atomic E-state index is 0.241. The molecule has 0 radical (unpaired) electrons. The Morgan fingerprint density at radius 3 is 2.47 bits per heavy atom. The summed E-state index contributed by atoms with van der Waals surface area (Å²) in [6, 6.07) is 6.83. The summed E-state index contributed by atoms with van der Waals surface area (Å²) < 4.78 is 4.84. The smallest absolute Gasteiger partial charge is 0.302 e. The van der Waals surface area contributed by atoms with Crippen LogP contribution in [0.3, 0.4) is 0 Å². The predicted octanol–water partition coefficient (Wildman–Crippen LogP) is 2.36. The van der Waals surface area contributed by atoms with Crippen molar-refractivity contribution in [3.05, 3.63) is 35.4 Å². The first-order valence-corrected chi connectivity index (χ1v) is 4.67. The fourth-order valence-electron chi connectivity index (χ4n) is 1.11. The van der Waals surface area contributed by atoms with Gasteiger partial charge in [-0.25, -0.2) is 0 Å². The van der Waals surface area contributed by atoms with Crippen LogP contribution < -0.4 is 0 Å². The Kier molecular flexibility index (Phi) is 3.92. The van der Waals surface area contributed by atoms with Crippen LogP contribution in [0.5, 0.6) is 5.75 Å². The lowest BCUT2D eigenvalue weighted by Gasteiger charge is -2.02. The summed E-state index contributed by atoms with van der Waals surface area (Å²) in [4.78, 5) is 10.6. The number of hydrogen-bond acceptors (Lipinski definition) is 3. The number of phenolic OH excluding ortho intramolecular Hbond substituents is 1. The van der Waals surface area contributed by atoms with Crippen LogP contribution in [0.1, 0.15) is 19.4 Å². The Labute approximate surface area is 89.0 Å². The molecule has 80 valence electrons. The Balaban J connectivity index is 2.62. The standard InChI is InChI=1S/C12H14O3/c1-9(8-15-10(2)13)7-11-3-5-12(14)6-4-11/h3-7,14H,8H2,1-2H3/b9-7+. The molecule has 15 heavy (non-hydrogen) atoms. The van der Waals surface area contributed by atoms with E-state index in [1.165, 1.54) is 6.92 Å². The summed E-state index contributed by atoms with van der Waals surface area (Å²) >= 11 is 0. The molecule has 1 aromatic carbocycles. The summed E-state index contributed by atoms with van der Waals surface area (Å²) in [6.45, 7) is 3.57. The van der Waals surface area contributed by atoms with Crippen molar-refractivity contribution >= 4 is 12.0 Å². The lowest BCUT2D eigenvalue weighted by atomic mass is 10.1. The summed E-state index contributed by atoms with van der Waals surface area (Å²) in [7, 11) is 0. The van der Waals surface area contributed by atoms with Crippen molar-refractivity contribution in [2.75, 3.05) is 6.61 Å². The van der Waals surface area contributed by atoms with Crippen LogP contribution in [-0.2, 0) is 9.53 Å². The van der Waals surface area contributed by atoms with Gasteiger partial charge in [0.2, 0.25) is 0 Å². The number of ether oxygens (including phenoxy) is 1. The fourth-order valence-corrected chi connectivity index (χ4v) is 1.11. The molecule has 0 atom stereocenters. The summed E-state index contributed by atoms with van der Waals surface area (Å²) in [5.41, 5.74) is 1.92. The van der Waals surface area contributed by atoms with Gasteiger partial charge < -0.3 is 9.84 Å². The van der Waals surface area contributed by atoms with Crippen LogP contribution in [0.25, 0.3) is 6.08 Å². The van der Waals surface area contributed by atoms with Gasteiger partial charge in [0.25, 0.3) is 0 Å². The van der Waals surface area contributed by atoms with E-state index >= 15 is 0 Å². The molecule has 0 heterocycles. The molecule has 0 spiro atoms. The maximum atomic E-state index is 10.6. The highest BCUT2D eigenvalue weighted by Gasteiger charge is 1.95.